The molecular formula is C19H30O. The van der Waals surface area contributed by atoms with Gasteiger partial charge in [0, 0.05) is 0 Å². The van der Waals surface area contributed by atoms with Gasteiger partial charge in [0.25, 0.3) is 0 Å². The van der Waals surface area contributed by atoms with E-state index in [4.69, 9.17) is 0 Å². The van der Waals surface area contributed by atoms with Crippen LogP contribution in [0, 0.1) is 0 Å². The third kappa shape index (κ3) is 8.79. The second kappa shape index (κ2) is 11.6. The zero-order valence-corrected chi connectivity index (χ0v) is 13.0. The first kappa shape index (κ1) is 16.8. The Balaban J connectivity index is 1.91. The van der Waals surface area contributed by atoms with Crippen LogP contribution in [0.4, 0.5) is 0 Å². The minimum Gasteiger partial charge on any atom is -0.508 e. The minimum absolute atomic E-state index is 0.386. The average molecular weight is 274 g/mol. The summed E-state index contributed by atoms with van der Waals surface area (Å²) in [5.74, 6) is 0.386. The summed E-state index contributed by atoms with van der Waals surface area (Å²) in [4.78, 5) is 0. The predicted molar refractivity (Wildman–Crippen MR) is 88.2 cm³/mol. The summed E-state index contributed by atoms with van der Waals surface area (Å²) in [7, 11) is 0. The standard InChI is InChI=1S/C19H30O/c1-2-3-4-5-6-7-8-9-10-11-12-14-18-15-13-16-19(20)17-18/h5-6,13,15-17,20H,2-4,7-12,14H2,1H3/b6-5-. The number of hydrogen-bond donors (Lipinski definition) is 1. The van der Waals surface area contributed by atoms with E-state index in [2.05, 4.69) is 25.1 Å². The van der Waals surface area contributed by atoms with Gasteiger partial charge < -0.3 is 5.11 Å². The molecule has 0 radical (unpaired) electrons. The van der Waals surface area contributed by atoms with Gasteiger partial charge in [0.2, 0.25) is 0 Å². The summed E-state index contributed by atoms with van der Waals surface area (Å²) in [6.45, 7) is 2.24. The molecule has 0 saturated carbocycles. The van der Waals surface area contributed by atoms with Crippen LogP contribution in [0.3, 0.4) is 0 Å². The Hall–Kier alpha value is -1.24. The molecule has 0 aliphatic carbocycles. The van der Waals surface area contributed by atoms with Crippen LogP contribution in [0.15, 0.2) is 36.4 Å². The second-order valence-corrected chi connectivity index (χ2v) is 5.59. The van der Waals surface area contributed by atoms with E-state index in [1.807, 2.05) is 12.1 Å². The lowest BCUT2D eigenvalue weighted by Gasteiger charge is -2.02. The molecule has 1 rings (SSSR count). The number of phenolic OH excluding ortho intramolecular Hbond substituents is 1. The Labute approximate surface area is 124 Å². The van der Waals surface area contributed by atoms with Crippen molar-refractivity contribution in [2.75, 3.05) is 0 Å². The van der Waals surface area contributed by atoms with Crippen LogP contribution in [0.1, 0.15) is 70.3 Å². The lowest BCUT2D eigenvalue weighted by Crippen LogP contribution is -1.86. The molecule has 1 nitrogen and oxygen atoms in total. The lowest BCUT2D eigenvalue weighted by molar-refractivity contribution is 0.474. The number of benzene rings is 1. The van der Waals surface area contributed by atoms with Gasteiger partial charge in [-0.05, 0) is 49.8 Å². The fourth-order valence-electron chi connectivity index (χ4n) is 2.39. The smallest absolute Gasteiger partial charge is 0.115 e. The first-order valence-corrected chi connectivity index (χ1v) is 8.26. The minimum atomic E-state index is 0.386. The van der Waals surface area contributed by atoms with E-state index in [0.29, 0.717) is 5.75 Å². The highest BCUT2D eigenvalue weighted by atomic mass is 16.3. The maximum Gasteiger partial charge on any atom is 0.115 e. The average Bonchev–Trinajstić information content (AvgIpc) is 2.45. The molecule has 0 spiro atoms. The number of hydrogen-bond acceptors (Lipinski definition) is 1. The highest BCUT2D eigenvalue weighted by Gasteiger charge is 1.95. The molecule has 0 heterocycles. The highest BCUT2D eigenvalue weighted by molar-refractivity contribution is 5.27. The van der Waals surface area contributed by atoms with Crippen molar-refractivity contribution in [3.05, 3.63) is 42.0 Å². The molecule has 0 unspecified atom stereocenters. The Morgan fingerprint density at radius 1 is 0.900 bits per heavy atom. The van der Waals surface area contributed by atoms with Crippen molar-refractivity contribution in [2.24, 2.45) is 0 Å². The lowest BCUT2D eigenvalue weighted by atomic mass is 10.0. The number of aryl methyl sites for hydroxylation is 1. The Morgan fingerprint density at radius 2 is 1.60 bits per heavy atom. The summed E-state index contributed by atoms with van der Waals surface area (Å²) in [5, 5.41) is 9.38. The Bertz CT molecular complexity index is 368. The van der Waals surface area contributed by atoms with Gasteiger partial charge in [-0.2, -0.15) is 0 Å². The molecule has 1 aromatic rings. The second-order valence-electron chi connectivity index (χ2n) is 5.59. The van der Waals surface area contributed by atoms with Crippen molar-refractivity contribution in [1.82, 2.24) is 0 Å². The first-order chi connectivity index (χ1) is 9.83. The molecule has 1 aromatic carbocycles. The first-order valence-electron chi connectivity index (χ1n) is 8.26. The van der Waals surface area contributed by atoms with Crippen LogP contribution >= 0.6 is 0 Å². The van der Waals surface area contributed by atoms with Gasteiger partial charge in [-0.15, -0.1) is 0 Å². The quantitative estimate of drug-likeness (QED) is 0.386. The maximum atomic E-state index is 9.38. The fourth-order valence-corrected chi connectivity index (χ4v) is 2.39. The van der Waals surface area contributed by atoms with Gasteiger partial charge in [0.1, 0.15) is 5.75 Å². The van der Waals surface area contributed by atoms with Crippen molar-refractivity contribution >= 4 is 0 Å². The van der Waals surface area contributed by atoms with Crippen molar-refractivity contribution in [3.8, 4) is 5.75 Å². The van der Waals surface area contributed by atoms with Crippen molar-refractivity contribution in [1.29, 1.82) is 0 Å². The van der Waals surface area contributed by atoms with E-state index in [1.54, 1.807) is 6.07 Å². The van der Waals surface area contributed by atoms with Crippen LogP contribution in [-0.2, 0) is 6.42 Å². The zero-order valence-electron chi connectivity index (χ0n) is 13.0. The molecule has 1 N–H and O–H groups in total. The van der Waals surface area contributed by atoms with Crippen molar-refractivity contribution < 1.29 is 5.11 Å². The SMILES string of the molecule is CCCC/C=C\CCCCCCCc1cccc(O)c1. The monoisotopic (exact) mass is 274 g/mol. The number of phenols is 1. The number of unbranched alkanes of at least 4 members (excludes halogenated alkanes) is 7. The van der Waals surface area contributed by atoms with E-state index in [-0.39, 0.29) is 0 Å². The topological polar surface area (TPSA) is 20.2 Å². The van der Waals surface area contributed by atoms with Crippen LogP contribution in [0.5, 0.6) is 5.75 Å². The molecule has 0 bridgehead atoms. The van der Waals surface area contributed by atoms with Crippen molar-refractivity contribution in [3.63, 3.8) is 0 Å². The fraction of sp³-hybridized carbons (Fsp3) is 0.579. The van der Waals surface area contributed by atoms with Gasteiger partial charge in [0.05, 0.1) is 0 Å². The summed E-state index contributed by atoms with van der Waals surface area (Å²) in [6.07, 6.45) is 17.4. The number of rotatable bonds is 11. The molecule has 0 aliphatic rings. The van der Waals surface area contributed by atoms with Gasteiger partial charge in [-0.1, -0.05) is 63.3 Å². The predicted octanol–water partition coefficient (Wildman–Crippen LogP) is 6.02. The largest absolute Gasteiger partial charge is 0.508 e. The molecular weight excluding hydrogens is 244 g/mol. The van der Waals surface area contributed by atoms with Crippen LogP contribution < -0.4 is 0 Å². The normalized spacial score (nSPS) is 11.2. The van der Waals surface area contributed by atoms with Gasteiger partial charge in [-0.25, -0.2) is 0 Å². The van der Waals surface area contributed by atoms with Gasteiger partial charge in [0.15, 0.2) is 0 Å². The van der Waals surface area contributed by atoms with Gasteiger partial charge in [-0.3, -0.25) is 0 Å². The Kier molecular flexibility index (Phi) is 9.73. The third-order valence-corrected chi connectivity index (χ3v) is 3.64. The van der Waals surface area contributed by atoms with Crippen LogP contribution in [-0.4, -0.2) is 5.11 Å². The molecule has 0 aliphatic heterocycles. The van der Waals surface area contributed by atoms with E-state index in [1.165, 1.54) is 63.4 Å². The number of aromatic hydroxyl groups is 1. The molecule has 0 saturated heterocycles. The van der Waals surface area contributed by atoms with E-state index < -0.39 is 0 Å². The molecule has 0 aromatic heterocycles. The van der Waals surface area contributed by atoms with E-state index in [9.17, 15) is 5.11 Å². The van der Waals surface area contributed by atoms with E-state index >= 15 is 0 Å². The summed E-state index contributed by atoms with van der Waals surface area (Å²) >= 11 is 0. The summed E-state index contributed by atoms with van der Waals surface area (Å²) in [6, 6.07) is 7.63. The van der Waals surface area contributed by atoms with Crippen LogP contribution in [0.2, 0.25) is 0 Å². The van der Waals surface area contributed by atoms with Crippen molar-refractivity contribution in [2.45, 2.75) is 71.1 Å². The molecule has 0 atom stereocenters. The number of allylic oxidation sites excluding steroid dienone is 2. The molecule has 0 amide bonds. The molecule has 0 fully saturated rings. The Morgan fingerprint density at radius 3 is 2.35 bits per heavy atom. The third-order valence-electron chi connectivity index (χ3n) is 3.64. The van der Waals surface area contributed by atoms with E-state index in [0.717, 1.165) is 6.42 Å². The summed E-state index contributed by atoms with van der Waals surface area (Å²) in [5.41, 5.74) is 1.25. The zero-order chi connectivity index (χ0) is 14.5. The summed E-state index contributed by atoms with van der Waals surface area (Å²) < 4.78 is 0. The highest BCUT2D eigenvalue weighted by Crippen LogP contribution is 2.14. The molecule has 1 heteroatoms. The van der Waals surface area contributed by atoms with Crippen LogP contribution in [0.25, 0.3) is 0 Å². The molecule has 112 valence electrons. The maximum absolute atomic E-state index is 9.38. The van der Waals surface area contributed by atoms with Gasteiger partial charge >= 0.3 is 0 Å². The molecule has 20 heavy (non-hydrogen) atoms.